The average molecular weight is 439 g/mol. The molecule has 4 nitrogen and oxygen atoms in total. The molecule has 24 heavy (non-hydrogen) atoms. The third-order valence-electron chi connectivity index (χ3n) is 3.00. The fourth-order valence-corrected chi connectivity index (χ4v) is 5.80. The van der Waals surface area contributed by atoms with Crippen LogP contribution in [-0.4, -0.2) is 38.2 Å². The van der Waals surface area contributed by atoms with Crippen LogP contribution in [0.25, 0.3) is 0 Å². The van der Waals surface area contributed by atoms with Crippen LogP contribution in [0.15, 0.2) is 42.5 Å². The molecule has 0 aromatic heterocycles. The van der Waals surface area contributed by atoms with E-state index in [-0.39, 0.29) is 27.7 Å². The van der Waals surface area contributed by atoms with Crippen LogP contribution in [0.3, 0.4) is 0 Å². The first-order valence-electron chi connectivity index (χ1n) is 8.42. The molecule has 2 radical (unpaired) electrons. The Labute approximate surface area is 155 Å². The van der Waals surface area contributed by atoms with Crippen LogP contribution >= 0.6 is 0 Å². The smallest absolute Gasteiger partial charge is 0.331 e. The summed E-state index contributed by atoms with van der Waals surface area (Å²) in [5, 5.41) is 8.25. The number of benzene rings is 1. The quantitative estimate of drug-likeness (QED) is 0.253. The first-order chi connectivity index (χ1) is 11.6. The van der Waals surface area contributed by atoms with Gasteiger partial charge in [-0.2, -0.15) is 0 Å². The van der Waals surface area contributed by atoms with Gasteiger partial charge in [-0.05, 0) is 5.56 Å². The van der Waals surface area contributed by atoms with Gasteiger partial charge in [0.05, 0.1) is 0 Å². The van der Waals surface area contributed by atoms with Gasteiger partial charge in [-0.25, -0.2) is 9.59 Å². The standard InChI is InChI=1S/C11H10O4.2C4H9.Sn/c12-10(13)6-7-11(14)15-8-9-4-2-1-3-5-9;2*1-3-4-2;/h1-7H,8H2,(H,12,13);2*1,3-4H2,2H3;. The fraction of sp³-hybridized carbons (Fsp3) is 0.474. The van der Waals surface area contributed by atoms with E-state index in [4.69, 9.17) is 9.84 Å². The molecule has 0 aliphatic heterocycles. The molecule has 0 aliphatic rings. The summed E-state index contributed by atoms with van der Waals surface area (Å²) in [5.74, 6) is -1.84. The molecule has 0 aliphatic carbocycles. The molecule has 0 heterocycles. The Morgan fingerprint density at radius 1 is 1.04 bits per heavy atom. The average Bonchev–Trinajstić information content (AvgIpc) is 2.59. The van der Waals surface area contributed by atoms with Crippen molar-refractivity contribution in [3.8, 4) is 0 Å². The second-order valence-electron chi connectivity index (χ2n) is 5.22. The summed E-state index contributed by atoms with van der Waals surface area (Å²) >= 11 is 0.149. The summed E-state index contributed by atoms with van der Waals surface area (Å²) in [6, 6.07) is 9.14. The van der Waals surface area contributed by atoms with Gasteiger partial charge in [-0.15, -0.1) is 0 Å². The molecular weight excluding hydrogens is 411 g/mol. The van der Waals surface area contributed by atoms with Gasteiger partial charge < -0.3 is 9.84 Å². The Balaban J connectivity index is 0.000000506. The number of unbranched alkanes of at least 4 members (excludes halogenated alkanes) is 2. The minimum absolute atomic E-state index is 0.142. The summed E-state index contributed by atoms with van der Waals surface area (Å²) in [5.41, 5.74) is 0.856. The van der Waals surface area contributed by atoms with Crippen LogP contribution in [0.4, 0.5) is 0 Å². The molecule has 0 spiro atoms. The largest absolute Gasteiger partial charge is 0.478 e. The summed E-state index contributed by atoms with van der Waals surface area (Å²) < 4.78 is 8.04. The van der Waals surface area contributed by atoms with E-state index in [9.17, 15) is 9.59 Å². The molecule has 5 heteroatoms. The van der Waals surface area contributed by atoms with Gasteiger partial charge in [0.1, 0.15) is 6.61 Å². The van der Waals surface area contributed by atoms with Crippen molar-refractivity contribution in [1.29, 1.82) is 0 Å². The molecule has 132 valence electrons. The number of carboxylic acid groups (broad SMARTS) is 1. The first kappa shape index (κ1) is 22.7. The van der Waals surface area contributed by atoms with E-state index < -0.39 is 11.9 Å². The molecule has 0 fully saturated rings. The predicted molar refractivity (Wildman–Crippen MR) is 98.2 cm³/mol. The number of hydrogen-bond donors (Lipinski definition) is 1. The molecule has 0 amide bonds. The van der Waals surface area contributed by atoms with E-state index in [0.29, 0.717) is 0 Å². The number of carbonyl (C=O) groups is 2. The Morgan fingerprint density at radius 2 is 1.62 bits per heavy atom. The molecule has 1 rings (SSSR count). The van der Waals surface area contributed by atoms with Gasteiger partial charge in [-0.1, -0.05) is 30.3 Å². The topological polar surface area (TPSA) is 63.6 Å². The number of carboxylic acids is 1. The number of aliphatic carboxylic acids is 1. The van der Waals surface area contributed by atoms with Gasteiger partial charge >= 0.3 is 81.5 Å². The van der Waals surface area contributed by atoms with Crippen molar-refractivity contribution >= 4 is 33.1 Å². The monoisotopic (exact) mass is 440 g/mol. The number of carbonyl (C=O) groups excluding carboxylic acids is 1. The molecule has 1 N–H and O–H groups in total. The zero-order chi connectivity index (χ0) is 18.0. The van der Waals surface area contributed by atoms with Gasteiger partial charge in [-0.3, -0.25) is 0 Å². The van der Waals surface area contributed by atoms with E-state index in [1.807, 2.05) is 30.3 Å². The maximum atomic E-state index is 10.9. The molecular formula is C19H28O4Sn. The first-order valence-corrected chi connectivity index (χ1v) is 12.5. The van der Waals surface area contributed by atoms with Crippen molar-refractivity contribution in [3.63, 3.8) is 0 Å². The number of esters is 1. The van der Waals surface area contributed by atoms with Crippen molar-refractivity contribution in [2.24, 2.45) is 0 Å². The number of rotatable bonds is 10. The summed E-state index contributed by atoms with van der Waals surface area (Å²) in [6.07, 6.45) is 7.46. The van der Waals surface area contributed by atoms with Crippen LogP contribution in [-0.2, 0) is 20.9 Å². The maximum absolute atomic E-state index is 10.9. The van der Waals surface area contributed by atoms with Crippen LogP contribution in [0.1, 0.15) is 45.1 Å². The van der Waals surface area contributed by atoms with Crippen molar-refractivity contribution < 1.29 is 19.4 Å². The minimum atomic E-state index is -1.17. The third kappa shape index (κ3) is 15.6. The summed E-state index contributed by atoms with van der Waals surface area (Å²) in [6.45, 7) is 4.72. The molecule has 0 saturated carbocycles. The maximum Gasteiger partial charge on any atom is 0.331 e. The Kier molecular flexibility index (Phi) is 15.7. The molecule has 1 aromatic rings. The normalized spacial score (nSPS) is 10.1. The van der Waals surface area contributed by atoms with E-state index in [2.05, 4.69) is 13.8 Å². The third-order valence-corrected chi connectivity index (χ3v) is 7.04. The van der Waals surface area contributed by atoms with Crippen molar-refractivity contribution in [2.75, 3.05) is 0 Å². The van der Waals surface area contributed by atoms with E-state index in [1.165, 1.54) is 25.7 Å². The zero-order valence-electron chi connectivity index (χ0n) is 14.7. The molecule has 0 atom stereocenters. The van der Waals surface area contributed by atoms with E-state index in [0.717, 1.165) is 17.7 Å². The molecule has 0 unspecified atom stereocenters. The second-order valence-corrected chi connectivity index (χ2v) is 9.50. The van der Waals surface area contributed by atoms with Crippen molar-refractivity contribution in [1.82, 2.24) is 0 Å². The van der Waals surface area contributed by atoms with Crippen molar-refractivity contribution in [2.45, 2.75) is 55.0 Å². The number of hydrogen-bond acceptors (Lipinski definition) is 3. The van der Waals surface area contributed by atoms with Crippen LogP contribution in [0.5, 0.6) is 0 Å². The van der Waals surface area contributed by atoms with E-state index in [1.54, 1.807) is 8.87 Å². The fourth-order valence-electron chi connectivity index (χ4n) is 1.64. The van der Waals surface area contributed by atoms with E-state index >= 15 is 0 Å². The van der Waals surface area contributed by atoms with Crippen LogP contribution in [0.2, 0.25) is 8.87 Å². The summed E-state index contributed by atoms with van der Waals surface area (Å²) in [7, 11) is 0. The molecule has 0 saturated heterocycles. The van der Waals surface area contributed by atoms with Crippen LogP contribution in [0, 0.1) is 0 Å². The summed E-state index contributed by atoms with van der Waals surface area (Å²) in [4.78, 5) is 21.0. The molecule has 1 aromatic carbocycles. The Hall–Kier alpha value is -1.30. The van der Waals surface area contributed by atoms with Gasteiger partial charge in [0, 0.05) is 12.2 Å². The minimum Gasteiger partial charge on any atom is -0.478 e. The second kappa shape index (κ2) is 16.6. The number of ether oxygens (including phenoxy) is 1. The zero-order valence-corrected chi connectivity index (χ0v) is 17.5. The van der Waals surface area contributed by atoms with Gasteiger partial charge in [0.25, 0.3) is 0 Å². The van der Waals surface area contributed by atoms with Gasteiger partial charge in [0.15, 0.2) is 0 Å². The van der Waals surface area contributed by atoms with Crippen molar-refractivity contribution in [3.05, 3.63) is 48.0 Å². The molecule has 0 bridgehead atoms. The predicted octanol–water partition coefficient (Wildman–Crippen LogP) is 4.50. The Morgan fingerprint density at radius 3 is 2.12 bits per heavy atom. The Bertz CT molecular complexity index is 466. The SMILES string of the molecule is CCC[CH2][Sn][CH2]CCC.O=C(O)C=CC(=O)OCc1ccccc1. The van der Waals surface area contributed by atoms with Gasteiger partial charge in [0.2, 0.25) is 0 Å². The van der Waals surface area contributed by atoms with Crippen LogP contribution < -0.4 is 0 Å².